The lowest BCUT2D eigenvalue weighted by Gasteiger charge is -2.36. The highest BCUT2D eigenvalue weighted by atomic mass is 32.1. The highest BCUT2D eigenvalue weighted by molar-refractivity contribution is 7.17. The second kappa shape index (κ2) is 9.18. The summed E-state index contributed by atoms with van der Waals surface area (Å²) in [5.41, 5.74) is 1.76. The molecule has 0 radical (unpaired) electrons. The summed E-state index contributed by atoms with van der Waals surface area (Å²) in [5, 5.41) is 3.41. The van der Waals surface area contributed by atoms with Crippen molar-refractivity contribution in [3.05, 3.63) is 51.7 Å². The summed E-state index contributed by atoms with van der Waals surface area (Å²) in [4.78, 5) is 29.7. The first-order valence-corrected chi connectivity index (χ1v) is 12.5. The third kappa shape index (κ3) is 4.99. The van der Waals surface area contributed by atoms with E-state index in [1.54, 1.807) is 12.1 Å². The normalized spacial score (nSPS) is 23.2. The zero-order chi connectivity index (χ0) is 23.9. The second-order valence-electron chi connectivity index (χ2n) is 10.4. The summed E-state index contributed by atoms with van der Waals surface area (Å²) in [5.74, 6) is -0.678. The number of hydrogen-bond acceptors (Lipinski definition) is 4. The molecule has 33 heavy (non-hydrogen) atoms. The van der Waals surface area contributed by atoms with Gasteiger partial charge in [-0.1, -0.05) is 32.9 Å². The molecule has 1 N–H and O–H groups in total. The van der Waals surface area contributed by atoms with E-state index < -0.39 is 11.7 Å². The summed E-state index contributed by atoms with van der Waals surface area (Å²) in [6.45, 7) is 11.7. The number of nitrogens with zero attached hydrogens (tertiary/aromatic N) is 1. The maximum Gasteiger partial charge on any atom is 0.259 e. The minimum Gasteiger partial charge on any atom is -0.372 e. The predicted octanol–water partition coefficient (Wildman–Crippen LogP) is 5.54. The molecule has 0 saturated carbocycles. The fraction of sp³-hybridized carbons (Fsp3) is 0.538. The molecule has 1 aromatic heterocycles. The van der Waals surface area contributed by atoms with Crippen molar-refractivity contribution in [2.45, 2.75) is 66.1 Å². The number of rotatable bonds is 3. The van der Waals surface area contributed by atoms with Gasteiger partial charge in [-0.3, -0.25) is 9.59 Å². The fourth-order valence-electron chi connectivity index (χ4n) is 4.96. The summed E-state index contributed by atoms with van der Waals surface area (Å²) in [6.07, 6.45) is 2.60. The third-order valence-electron chi connectivity index (χ3n) is 6.76. The average Bonchev–Trinajstić information content (AvgIpc) is 3.09. The van der Waals surface area contributed by atoms with Crippen molar-refractivity contribution in [3.63, 3.8) is 0 Å². The number of anilines is 1. The molecule has 3 atom stereocenters. The highest BCUT2D eigenvalue weighted by Crippen LogP contribution is 2.45. The van der Waals surface area contributed by atoms with Gasteiger partial charge in [-0.25, -0.2) is 4.39 Å². The van der Waals surface area contributed by atoms with E-state index in [2.05, 4.69) is 26.1 Å². The molecule has 2 aliphatic rings. The first-order valence-electron chi connectivity index (χ1n) is 11.7. The van der Waals surface area contributed by atoms with Gasteiger partial charge >= 0.3 is 0 Å². The lowest BCUT2D eigenvalue weighted by molar-refractivity contribution is -0.0586. The van der Waals surface area contributed by atoms with E-state index in [9.17, 15) is 14.0 Å². The summed E-state index contributed by atoms with van der Waals surface area (Å²) in [7, 11) is 0. The van der Waals surface area contributed by atoms with Gasteiger partial charge in [-0.15, -0.1) is 11.3 Å². The van der Waals surface area contributed by atoms with Crippen molar-refractivity contribution in [1.82, 2.24) is 4.90 Å². The van der Waals surface area contributed by atoms with Crippen LogP contribution in [-0.4, -0.2) is 42.0 Å². The zero-order valence-electron chi connectivity index (χ0n) is 20.0. The van der Waals surface area contributed by atoms with Crippen LogP contribution in [0.1, 0.15) is 72.2 Å². The van der Waals surface area contributed by atoms with Gasteiger partial charge in [0.1, 0.15) is 10.8 Å². The number of thiophene rings is 1. The molecule has 7 heteroatoms. The molecule has 4 rings (SSSR count). The highest BCUT2D eigenvalue weighted by Gasteiger charge is 2.36. The van der Waals surface area contributed by atoms with E-state index in [1.165, 1.54) is 23.5 Å². The summed E-state index contributed by atoms with van der Waals surface area (Å²) < 4.78 is 20.1. The Bertz CT molecular complexity index is 1050. The minimum absolute atomic E-state index is 0.0246. The van der Waals surface area contributed by atoms with Gasteiger partial charge in [0.05, 0.1) is 23.3 Å². The van der Waals surface area contributed by atoms with Crippen LogP contribution < -0.4 is 5.32 Å². The van der Waals surface area contributed by atoms with E-state index >= 15 is 0 Å². The van der Waals surface area contributed by atoms with E-state index in [4.69, 9.17) is 4.74 Å². The third-order valence-corrected chi connectivity index (χ3v) is 7.93. The largest absolute Gasteiger partial charge is 0.372 e. The molecule has 1 aromatic carbocycles. The zero-order valence-corrected chi connectivity index (χ0v) is 20.9. The SMILES string of the molecule is C[C@@H]1CN(C(=O)c2c(NC(=O)c3ccccc3F)sc3c2CC[C@@H](C(C)(C)C)C3)C[C@@H](C)O1. The molecule has 1 saturated heterocycles. The molecular weight excluding hydrogens is 439 g/mol. The summed E-state index contributed by atoms with van der Waals surface area (Å²) >= 11 is 1.47. The maximum atomic E-state index is 14.2. The molecule has 2 heterocycles. The van der Waals surface area contributed by atoms with Crippen molar-refractivity contribution in [1.29, 1.82) is 0 Å². The van der Waals surface area contributed by atoms with Gasteiger partial charge in [0, 0.05) is 18.0 Å². The van der Waals surface area contributed by atoms with Gasteiger partial charge in [0.25, 0.3) is 11.8 Å². The van der Waals surface area contributed by atoms with Crippen LogP contribution in [0, 0.1) is 17.2 Å². The number of ether oxygens (including phenoxy) is 1. The molecule has 0 bridgehead atoms. The van der Waals surface area contributed by atoms with E-state index in [-0.39, 0.29) is 29.1 Å². The van der Waals surface area contributed by atoms with Gasteiger partial charge in [0.2, 0.25) is 0 Å². The van der Waals surface area contributed by atoms with Crippen LogP contribution in [-0.2, 0) is 17.6 Å². The second-order valence-corrected chi connectivity index (χ2v) is 11.5. The van der Waals surface area contributed by atoms with Crippen molar-refractivity contribution < 1.29 is 18.7 Å². The first kappa shape index (κ1) is 23.9. The fourth-order valence-corrected chi connectivity index (χ4v) is 6.27. The average molecular weight is 473 g/mol. The smallest absolute Gasteiger partial charge is 0.259 e. The number of halogens is 1. The number of hydrogen-bond donors (Lipinski definition) is 1. The van der Waals surface area contributed by atoms with Crippen LogP contribution in [0.4, 0.5) is 9.39 Å². The van der Waals surface area contributed by atoms with Crippen molar-refractivity contribution in [2.24, 2.45) is 11.3 Å². The standard InChI is InChI=1S/C26H33FN2O3S/c1-15-13-29(14-16(2)32-15)25(31)22-19-11-10-17(26(3,4)5)12-21(19)33-24(22)28-23(30)18-8-6-7-9-20(18)27/h6-9,15-17H,10-14H2,1-5H3,(H,28,30)/t15-,16-,17-/m1/s1. The Kier molecular flexibility index (Phi) is 6.65. The Hall–Kier alpha value is -2.25. The van der Waals surface area contributed by atoms with Gasteiger partial charge in [-0.2, -0.15) is 0 Å². The summed E-state index contributed by atoms with van der Waals surface area (Å²) in [6, 6.07) is 5.91. The van der Waals surface area contributed by atoms with E-state index in [1.807, 2.05) is 18.7 Å². The molecule has 2 amide bonds. The molecule has 0 unspecified atom stereocenters. The van der Waals surface area contributed by atoms with Crippen LogP contribution in [0.25, 0.3) is 0 Å². The van der Waals surface area contributed by atoms with Gasteiger partial charge in [-0.05, 0) is 62.1 Å². The lowest BCUT2D eigenvalue weighted by atomic mass is 9.72. The molecular formula is C26H33FN2O3S. The van der Waals surface area contributed by atoms with Crippen molar-refractivity contribution in [2.75, 3.05) is 18.4 Å². The molecule has 1 aliphatic carbocycles. The van der Waals surface area contributed by atoms with Gasteiger partial charge in [0.15, 0.2) is 0 Å². The Balaban J connectivity index is 1.71. The molecule has 1 fully saturated rings. The lowest BCUT2D eigenvalue weighted by Crippen LogP contribution is -2.48. The molecule has 178 valence electrons. The number of carbonyl (C=O) groups is 2. The molecule has 2 aromatic rings. The number of nitrogens with one attached hydrogen (secondary N) is 1. The number of carbonyl (C=O) groups excluding carboxylic acids is 2. The van der Waals surface area contributed by atoms with Crippen molar-refractivity contribution >= 4 is 28.2 Å². The van der Waals surface area contributed by atoms with Crippen LogP contribution >= 0.6 is 11.3 Å². The minimum atomic E-state index is -0.576. The maximum absolute atomic E-state index is 14.2. The molecule has 0 spiro atoms. The molecule has 5 nitrogen and oxygen atoms in total. The number of morpholine rings is 1. The van der Waals surface area contributed by atoms with Crippen molar-refractivity contribution in [3.8, 4) is 0 Å². The first-order chi connectivity index (χ1) is 15.5. The van der Waals surface area contributed by atoms with Crippen LogP contribution in [0.2, 0.25) is 0 Å². The number of fused-ring (bicyclic) bond motifs is 1. The monoisotopic (exact) mass is 472 g/mol. The Labute approximate surface area is 199 Å². The van der Waals surface area contributed by atoms with E-state index in [0.717, 1.165) is 29.7 Å². The predicted molar refractivity (Wildman–Crippen MR) is 130 cm³/mol. The Morgan fingerprint density at radius 3 is 2.45 bits per heavy atom. The number of benzene rings is 1. The van der Waals surface area contributed by atoms with Crippen LogP contribution in [0.3, 0.4) is 0 Å². The van der Waals surface area contributed by atoms with Crippen LogP contribution in [0.15, 0.2) is 24.3 Å². The Morgan fingerprint density at radius 2 is 1.82 bits per heavy atom. The van der Waals surface area contributed by atoms with Crippen LogP contribution in [0.5, 0.6) is 0 Å². The van der Waals surface area contributed by atoms with Gasteiger partial charge < -0.3 is 15.0 Å². The molecule has 1 aliphatic heterocycles. The Morgan fingerprint density at radius 1 is 1.15 bits per heavy atom. The van der Waals surface area contributed by atoms with E-state index in [0.29, 0.717) is 29.6 Å². The topological polar surface area (TPSA) is 58.6 Å². The quantitative estimate of drug-likeness (QED) is 0.638. The number of amides is 2.